The lowest BCUT2D eigenvalue weighted by Gasteiger charge is -2.14. The van der Waals surface area contributed by atoms with Crippen molar-refractivity contribution in [3.63, 3.8) is 0 Å². The Kier molecular flexibility index (Phi) is 4.58. The van der Waals surface area contributed by atoms with Crippen molar-refractivity contribution in [2.75, 3.05) is 5.32 Å². The number of anilines is 1. The molecule has 27 heavy (non-hydrogen) atoms. The average Bonchev–Trinajstić information content (AvgIpc) is 3.05. The number of carbonyl (C=O) groups excluding carboxylic acids is 1. The topological polar surface area (TPSA) is 67.2 Å². The Morgan fingerprint density at radius 1 is 1.15 bits per heavy atom. The molecule has 1 aliphatic rings. The van der Waals surface area contributed by atoms with Crippen molar-refractivity contribution >= 4 is 23.2 Å². The van der Waals surface area contributed by atoms with E-state index in [0.29, 0.717) is 16.4 Å². The van der Waals surface area contributed by atoms with Crippen LogP contribution in [0.25, 0.3) is 5.69 Å². The number of nitrogens with zero attached hydrogens (tertiary/aromatic N) is 2. The number of hydrogen-bond acceptors (Lipinski definition) is 3. The number of nitrogens with one attached hydrogen (secondary N) is 1. The first-order chi connectivity index (χ1) is 13.0. The largest absolute Gasteiger partial charge is 0.506 e. The van der Waals surface area contributed by atoms with Gasteiger partial charge in [-0.25, -0.2) is 9.07 Å². The lowest BCUT2D eigenvalue weighted by Crippen LogP contribution is -2.15. The van der Waals surface area contributed by atoms with E-state index in [-0.39, 0.29) is 17.3 Å². The molecule has 0 atom stereocenters. The van der Waals surface area contributed by atoms with Crippen LogP contribution in [-0.2, 0) is 12.8 Å². The molecule has 2 aromatic carbocycles. The molecule has 2 N–H and O–H groups in total. The molecule has 3 aromatic rings. The van der Waals surface area contributed by atoms with Crippen LogP contribution in [0, 0.1) is 5.82 Å². The molecular weight excluding hydrogens is 369 g/mol. The van der Waals surface area contributed by atoms with Gasteiger partial charge in [0.15, 0.2) is 5.69 Å². The molecule has 0 saturated heterocycles. The number of aromatic hydroxyl groups is 1. The van der Waals surface area contributed by atoms with Crippen molar-refractivity contribution in [2.24, 2.45) is 0 Å². The number of carbonyl (C=O) groups is 1. The van der Waals surface area contributed by atoms with Crippen molar-refractivity contribution in [1.82, 2.24) is 9.78 Å². The van der Waals surface area contributed by atoms with E-state index in [2.05, 4.69) is 10.4 Å². The Morgan fingerprint density at radius 2 is 1.89 bits per heavy atom. The van der Waals surface area contributed by atoms with Gasteiger partial charge in [0, 0.05) is 16.3 Å². The highest BCUT2D eigenvalue weighted by Gasteiger charge is 2.26. The van der Waals surface area contributed by atoms with Crippen LogP contribution in [0.3, 0.4) is 0 Å². The minimum absolute atomic E-state index is 0.0698. The summed E-state index contributed by atoms with van der Waals surface area (Å²) in [5.41, 5.74) is 3.11. The number of amides is 1. The van der Waals surface area contributed by atoms with Crippen molar-refractivity contribution in [3.05, 3.63) is 70.3 Å². The maximum absolute atomic E-state index is 13.3. The molecular formula is C20H17ClFN3O2. The van der Waals surface area contributed by atoms with E-state index in [9.17, 15) is 14.3 Å². The van der Waals surface area contributed by atoms with Gasteiger partial charge in [-0.2, -0.15) is 5.10 Å². The summed E-state index contributed by atoms with van der Waals surface area (Å²) in [6, 6.07) is 10.5. The van der Waals surface area contributed by atoms with Crippen LogP contribution in [0.1, 0.15) is 34.6 Å². The SMILES string of the molecule is O=C(Nc1cc(Cl)ccc1O)c1nn(-c2ccc(F)cc2)c2c1CCCC2. The molecule has 1 amide bonds. The number of aromatic nitrogens is 2. The van der Waals surface area contributed by atoms with Crippen LogP contribution in [-0.4, -0.2) is 20.8 Å². The lowest BCUT2D eigenvalue weighted by molar-refractivity contribution is 0.102. The number of rotatable bonds is 3. The second kappa shape index (κ2) is 7.04. The highest BCUT2D eigenvalue weighted by Crippen LogP contribution is 2.30. The fraction of sp³-hybridized carbons (Fsp3) is 0.200. The standard InChI is InChI=1S/C20H17ClFN3O2/c21-12-5-10-18(26)16(11-12)23-20(27)19-15-3-1-2-4-17(15)25(24-19)14-8-6-13(22)7-9-14/h5-11,26H,1-4H2,(H,23,27). The van der Waals surface area contributed by atoms with E-state index in [1.54, 1.807) is 16.8 Å². The maximum atomic E-state index is 13.3. The Balaban J connectivity index is 1.73. The summed E-state index contributed by atoms with van der Waals surface area (Å²) in [6.07, 6.45) is 3.54. The van der Waals surface area contributed by atoms with Crippen LogP contribution in [0.4, 0.5) is 10.1 Å². The Bertz CT molecular complexity index is 1010. The number of phenolic OH excluding ortho intramolecular Hbond substituents is 1. The molecule has 0 fully saturated rings. The Hall–Kier alpha value is -2.86. The predicted octanol–water partition coefficient (Wildman–Crippen LogP) is 4.50. The Labute approximate surface area is 160 Å². The van der Waals surface area contributed by atoms with Gasteiger partial charge < -0.3 is 10.4 Å². The fourth-order valence-corrected chi connectivity index (χ4v) is 3.54. The second-order valence-corrected chi connectivity index (χ2v) is 6.92. The third-order valence-electron chi connectivity index (χ3n) is 4.67. The van der Waals surface area contributed by atoms with Crippen LogP contribution >= 0.6 is 11.6 Å². The summed E-state index contributed by atoms with van der Waals surface area (Å²) in [6.45, 7) is 0. The molecule has 1 aromatic heterocycles. The molecule has 1 aliphatic carbocycles. The number of fused-ring (bicyclic) bond motifs is 1. The monoisotopic (exact) mass is 385 g/mol. The molecule has 0 bridgehead atoms. The van der Waals surface area contributed by atoms with Crippen molar-refractivity contribution in [3.8, 4) is 11.4 Å². The summed E-state index contributed by atoms with van der Waals surface area (Å²) in [4.78, 5) is 12.8. The van der Waals surface area contributed by atoms with Crippen LogP contribution in [0.2, 0.25) is 5.02 Å². The number of benzene rings is 2. The van der Waals surface area contributed by atoms with Crippen molar-refractivity contribution in [2.45, 2.75) is 25.7 Å². The molecule has 1 heterocycles. The van der Waals surface area contributed by atoms with E-state index in [0.717, 1.165) is 36.9 Å². The van der Waals surface area contributed by atoms with E-state index in [4.69, 9.17) is 11.6 Å². The summed E-state index contributed by atoms with van der Waals surface area (Å²) < 4.78 is 15.0. The zero-order valence-corrected chi connectivity index (χ0v) is 15.1. The van der Waals surface area contributed by atoms with Gasteiger partial charge in [-0.1, -0.05) is 11.6 Å². The Morgan fingerprint density at radius 3 is 2.67 bits per heavy atom. The highest BCUT2D eigenvalue weighted by atomic mass is 35.5. The fourth-order valence-electron chi connectivity index (χ4n) is 3.37. The van der Waals surface area contributed by atoms with E-state index in [1.165, 1.54) is 30.3 Å². The van der Waals surface area contributed by atoms with Crippen LogP contribution in [0.15, 0.2) is 42.5 Å². The predicted molar refractivity (Wildman–Crippen MR) is 101 cm³/mol. The minimum Gasteiger partial charge on any atom is -0.506 e. The molecule has 7 heteroatoms. The molecule has 0 aliphatic heterocycles. The van der Waals surface area contributed by atoms with Gasteiger partial charge in [0.1, 0.15) is 11.6 Å². The molecule has 5 nitrogen and oxygen atoms in total. The average molecular weight is 386 g/mol. The molecule has 0 unspecified atom stereocenters. The third-order valence-corrected chi connectivity index (χ3v) is 4.91. The number of halogens is 2. The lowest BCUT2D eigenvalue weighted by atomic mass is 9.95. The first-order valence-corrected chi connectivity index (χ1v) is 9.07. The summed E-state index contributed by atoms with van der Waals surface area (Å²) in [5.74, 6) is -0.805. The first kappa shape index (κ1) is 17.5. The van der Waals surface area contributed by atoms with Gasteiger partial charge in [-0.05, 0) is 68.1 Å². The molecule has 0 saturated carbocycles. The zero-order chi connectivity index (χ0) is 19.0. The van der Waals surface area contributed by atoms with E-state index < -0.39 is 5.91 Å². The van der Waals surface area contributed by atoms with Gasteiger partial charge in [-0.3, -0.25) is 4.79 Å². The van der Waals surface area contributed by atoms with Crippen molar-refractivity contribution < 1.29 is 14.3 Å². The van der Waals surface area contributed by atoms with Crippen LogP contribution in [0.5, 0.6) is 5.75 Å². The smallest absolute Gasteiger partial charge is 0.276 e. The molecule has 138 valence electrons. The van der Waals surface area contributed by atoms with Gasteiger partial charge in [0.25, 0.3) is 5.91 Å². The summed E-state index contributed by atoms with van der Waals surface area (Å²) in [5, 5.41) is 17.5. The molecule has 0 spiro atoms. The first-order valence-electron chi connectivity index (χ1n) is 8.69. The second-order valence-electron chi connectivity index (χ2n) is 6.48. The zero-order valence-electron chi connectivity index (χ0n) is 14.4. The summed E-state index contributed by atoms with van der Waals surface area (Å²) in [7, 11) is 0. The highest BCUT2D eigenvalue weighted by molar-refractivity contribution is 6.31. The normalized spacial score (nSPS) is 13.3. The minimum atomic E-state index is -0.411. The molecule has 0 radical (unpaired) electrons. The molecule has 4 rings (SSSR count). The number of hydrogen-bond donors (Lipinski definition) is 2. The van der Waals surface area contributed by atoms with Gasteiger partial charge in [0.2, 0.25) is 0 Å². The quantitative estimate of drug-likeness (QED) is 0.652. The van der Waals surface area contributed by atoms with Gasteiger partial charge in [0.05, 0.1) is 11.4 Å². The number of phenols is 1. The van der Waals surface area contributed by atoms with Gasteiger partial charge >= 0.3 is 0 Å². The maximum Gasteiger partial charge on any atom is 0.276 e. The third kappa shape index (κ3) is 3.40. The van der Waals surface area contributed by atoms with Gasteiger partial charge in [-0.15, -0.1) is 0 Å². The summed E-state index contributed by atoms with van der Waals surface area (Å²) >= 11 is 5.95. The van der Waals surface area contributed by atoms with Crippen LogP contribution < -0.4 is 5.32 Å². The van der Waals surface area contributed by atoms with E-state index >= 15 is 0 Å². The van der Waals surface area contributed by atoms with Crippen molar-refractivity contribution in [1.29, 1.82) is 0 Å². The van der Waals surface area contributed by atoms with E-state index in [1.807, 2.05) is 0 Å².